The van der Waals surface area contributed by atoms with Gasteiger partial charge in [-0.05, 0) is 72.7 Å². The highest BCUT2D eigenvalue weighted by Gasteiger charge is 2.31. The third kappa shape index (κ3) is 4.07. The Hall–Kier alpha value is -2.43. The van der Waals surface area contributed by atoms with Crippen LogP contribution >= 0.6 is 0 Å². The molecule has 158 valence electrons. The van der Waals surface area contributed by atoms with Crippen LogP contribution in [-0.2, 0) is 24.3 Å². The van der Waals surface area contributed by atoms with Crippen LogP contribution in [0.3, 0.4) is 0 Å². The second-order valence-corrected chi connectivity index (χ2v) is 9.78. The van der Waals surface area contributed by atoms with Gasteiger partial charge in [0.05, 0.1) is 16.5 Å². The van der Waals surface area contributed by atoms with Crippen molar-refractivity contribution in [2.75, 3.05) is 5.32 Å². The summed E-state index contributed by atoms with van der Waals surface area (Å²) in [5.74, 6) is 0.464. The van der Waals surface area contributed by atoms with Crippen LogP contribution in [0.2, 0.25) is 0 Å². The molecule has 2 heterocycles. The van der Waals surface area contributed by atoms with E-state index in [4.69, 9.17) is 4.78 Å². The molecule has 0 radical (unpaired) electrons. The summed E-state index contributed by atoms with van der Waals surface area (Å²) >= 11 is 0. The van der Waals surface area contributed by atoms with E-state index in [1.807, 2.05) is 36.9 Å². The lowest BCUT2D eigenvalue weighted by molar-refractivity contribution is 0.101. The van der Waals surface area contributed by atoms with Gasteiger partial charge in [-0.1, -0.05) is 25.3 Å². The van der Waals surface area contributed by atoms with Crippen LogP contribution in [0, 0.1) is 29.0 Å². The fourth-order valence-corrected chi connectivity index (χ4v) is 6.26. The number of amides is 1. The Labute approximate surface area is 180 Å². The van der Waals surface area contributed by atoms with E-state index in [0.717, 1.165) is 28.9 Å². The van der Waals surface area contributed by atoms with Crippen molar-refractivity contribution in [2.45, 2.75) is 62.8 Å². The molecule has 4 rings (SSSR count). The lowest BCUT2D eigenvalue weighted by Gasteiger charge is -2.30. The van der Waals surface area contributed by atoms with E-state index in [0.29, 0.717) is 28.9 Å². The van der Waals surface area contributed by atoms with Crippen molar-refractivity contribution in [3.63, 3.8) is 0 Å². The highest BCUT2D eigenvalue weighted by atomic mass is 32.2. The molecular formula is C23H29N5OS. The number of carbonyl (C=O) groups excluding carboxylic acids is 1. The fourth-order valence-electron chi connectivity index (χ4n) is 4.82. The molecule has 1 fully saturated rings. The SMILES string of the molecule is Cc1ccc(NC(=O)c2c3c(cn2C)S(=N)NC(C2CCCCC2)CC3)cc1C#N. The van der Waals surface area contributed by atoms with Crippen LogP contribution in [0.4, 0.5) is 5.69 Å². The minimum absolute atomic E-state index is 0.181. The van der Waals surface area contributed by atoms with E-state index >= 15 is 0 Å². The van der Waals surface area contributed by atoms with Crippen molar-refractivity contribution in [3.05, 3.63) is 46.8 Å². The first-order valence-electron chi connectivity index (χ1n) is 10.7. The van der Waals surface area contributed by atoms with Crippen LogP contribution < -0.4 is 10.0 Å². The largest absolute Gasteiger partial charge is 0.345 e. The normalized spacial score (nSPS) is 22.0. The Morgan fingerprint density at radius 2 is 2.07 bits per heavy atom. The van der Waals surface area contributed by atoms with Gasteiger partial charge in [0.1, 0.15) is 5.69 Å². The minimum Gasteiger partial charge on any atom is -0.345 e. The van der Waals surface area contributed by atoms with Crippen molar-refractivity contribution < 1.29 is 4.79 Å². The molecule has 1 aromatic heterocycles. The molecule has 2 unspecified atom stereocenters. The standard InChI is InChI=1S/C23H29N5OS/c1-15-8-9-18(12-17(15)13-24)26-23(29)22-19-10-11-20(16-6-4-3-5-7-16)27-30(25)21(19)14-28(22)2/h8-9,12,14,16,20H,3-7,10-11H2,1-2H3,(H2,25,27)(H,26,29). The number of hydrogen-bond acceptors (Lipinski definition) is 3. The van der Waals surface area contributed by atoms with E-state index in [-0.39, 0.29) is 5.91 Å². The maximum Gasteiger partial charge on any atom is 0.272 e. The van der Waals surface area contributed by atoms with Gasteiger partial charge in [-0.15, -0.1) is 0 Å². The number of aromatic nitrogens is 1. The van der Waals surface area contributed by atoms with Crippen LogP contribution in [0.15, 0.2) is 29.3 Å². The second kappa shape index (κ2) is 8.75. The smallest absolute Gasteiger partial charge is 0.272 e. The number of benzene rings is 1. The predicted octanol–water partition coefficient (Wildman–Crippen LogP) is 4.60. The molecule has 3 N–H and O–H groups in total. The van der Waals surface area contributed by atoms with E-state index < -0.39 is 10.9 Å². The number of nitrogens with one attached hydrogen (secondary N) is 3. The van der Waals surface area contributed by atoms with Gasteiger partial charge >= 0.3 is 0 Å². The van der Waals surface area contributed by atoms with Gasteiger partial charge in [-0.25, -0.2) is 4.72 Å². The summed E-state index contributed by atoms with van der Waals surface area (Å²) < 4.78 is 14.1. The van der Waals surface area contributed by atoms with Crippen LogP contribution in [-0.4, -0.2) is 16.5 Å². The predicted molar refractivity (Wildman–Crippen MR) is 119 cm³/mol. The van der Waals surface area contributed by atoms with E-state index in [2.05, 4.69) is 16.1 Å². The van der Waals surface area contributed by atoms with Crippen molar-refractivity contribution in [1.29, 1.82) is 10.0 Å². The average Bonchev–Trinajstić information content (AvgIpc) is 3.00. The summed E-state index contributed by atoms with van der Waals surface area (Å²) in [6, 6.07) is 7.91. The van der Waals surface area contributed by atoms with Gasteiger partial charge in [0.15, 0.2) is 0 Å². The van der Waals surface area contributed by atoms with Crippen molar-refractivity contribution >= 4 is 22.5 Å². The van der Waals surface area contributed by atoms with E-state index in [9.17, 15) is 10.1 Å². The van der Waals surface area contributed by atoms with E-state index in [1.165, 1.54) is 32.1 Å². The van der Waals surface area contributed by atoms with Crippen molar-refractivity contribution in [2.24, 2.45) is 13.0 Å². The number of aryl methyl sites for hydroxylation is 2. The molecule has 6 nitrogen and oxygen atoms in total. The Kier molecular flexibility index (Phi) is 6.07. The maximum atomic E-state index is 13.2. The zero-order valence-electron chi connectivity index (χ0n) is 17.6. The van der Waals surface area contributed by atoms with Crippen LogP contribution in [0.5, 0.6) is 0 Å². The summed E-state index contributed by atoms with van der Waals surface area (Å²) in [7, 11) is 1.05. The monoisotopic (exact) mass is 423 g/mol. The fraction of sp³-hybridized carbons (Fsp3) is 0.478. The lowest BCUT2D eigenvalue weighted by Crippen LogP contribution is -2.37. The zero-order chi connectivity index (χ0) is 21.3. The quantitative estimate of drug-likeness (QED) is 0.674. The summed E-state index contributed by atoms with van der Waals surface area (Å²) in [6.07, 6.45) is 10.1. The van der Waals surface area contributed by atoms with Gasteiger partial charge in [0.25, 0.3) is 5.91 Å². The van der Waals surface area contributed by atoms with Crippen molar-refractivity contribution in [3.8, 4) is 6.07 Å². The molecule has 1 saturated carbocycles. The average molecular weight is 424 g/mol. The van der Waals surface area contributed by atoms with Gasteiger partial charge < -0.3 is 9.88 Å². The summed E-state index contributed by atoms with van der Waals surface area (Å²) in [5.41, 5.74) is 3.69. The third-order valence-corrected chi connectivity index (χ3v) is 7.82. The highest BCUT2D eigenvalue weighted by Crippen LogP contribution is 2.33. The Bertz CT molecular complexity index is 1030. The third-order valence-electron chi connectivity index (χ3n) is 6.49. The molecule has 0 saturated heterocycles. The first-order chi connectivity index (χ1) is 14.5. The van der Waals surface area contributed by atoms with Crippen molar-refractivity contribution in [1.82, 2.24) is 9.29 Å². The number of hydrogen-bond donors (Lipinski definition) is 3. The molecule has 30 heavy (non-hydrogen) atoms. The molecule has 1 aliphatic heterocycles. The molecule has 2 aromatic rings. The Balaban J connectivity index is 1.57. The zero-order valence-corrected chi connectivity index (χ0v) is 18.4. The molecular weight excluding hydrogens is 394 g/mol. The lowest BCUT2D eigenvalue weighted by atomic mass is 9.82. The molecule has 7 heteroatoms. The number of fused-ring (bicyclic) bond motifs is 1. The topological polar surface area (TPSA) is 93.7 Å². The van der Waals surface area contributed by atoms with Gasteiger partial charge in [0.2, 0.25) is 0 Å². The molecule has 1 amide bonds. The summed E-state index contributed by atoms with van der Waals surface area (Å²) in [5, 5.41) is 12.2. The molecule has 1 aromatic carbocycles. The molecule has 0 bridgehead atoms. The first-order valence-corrected chi connectivity index (χ1v) is 11.9. The number of rotatable bonds is 3. The first kappa shape index (κ1) is 20.8. The highest BCUT2D eigenvalue weighted by molar-refractivity contribution is 7.84. The van der Waals surface area contributed by atoms with Gasteiger partial charge in [-0.2, -0.15) is 5.26 Å². The Morgan fingerprint density at radius 3 is 2.80 bits per heavy atom. The number of anilines is 1. The van der Waals surface area contributed by atoms with Crippen LogP contribution in [0.25, 0.3) is 0 Å². The van der Waals surface area contributed by atoms with Gasteiger partial charge in [0, 0.05) is 25.0 Å². The molecule has 2 aliphatic rings. The number of carbonyl (C=O) groups is 1. The number of nitriles is 1. The molecule has 1 aliphatic carbocycles. The molecule has 2 atom stereocenters. The Morgan fingerprint density at radius 1 is 1.30 bits per heavy atom. The summed E-state index contributed by atoms with van der Waals surface area (Å²) in [6.45, 7) is 1.88. The maximum absolute atomic E-state index is 13.2. The minimum atomic E-state index is -0.819. The van der Waals surface area contributed by atoms with Crippen LogP contribution in [0.1, 0.15) is 65.7 Å². The second-order valence-electron chi connectivity index (χ2n) is 8.49. The molecule has 0 spiro atoms. The summed E-state index contributed by atoms with van der Waals surface area (Å²) in [4.78, 5) is 14.1. The number of nitrogens with zero attached hydrogens (tertiary/aromatic N) is 2. The van der Waals surface area contributed by atoms with E-state index in [1.54, 1.807) is 6.07 Å². The van der Waals surface area contributed by atoms with Gasteiger partial charge in [-0.3, -0.25) is 9.57 Å².